The van der Waals surface area contributed by atoms with Crippen LogP contribution in [0.2, 0.25) is 0 Å². The Morgan fingerprint density at radius 1 is 1.20 bits per heavy atom. The third-order valence-electron chi connectivity index (χ3n) is 7.31. The van der Waals surface area contributed by atoms with Gasteiger partial charge >= 0.3 is 6.03 Å². The van der Waals surface area contributed by atoms with E-state index in [2.05, 4.69) is 11.1 Å². The zero-order valence-electron chi connectivity index (χ0n) is 17.4. The van der Waals surface area contributed by atoms with E-state index in [1.165, 1.54) is 15.8 Å². The molecule has 3 fully saturated rings. The smallest absolute Gasteiger partial charge is 0.327 e. The molecule has 1 aromatic carbocycles. The van der Waals surface area contributed by atoms with Gasteiger partial charge < -0.3 is 14.8 Å². The predicted octanol–water partition coefficient (Wildman–Crippen LogP) is 2.77. The van der Waals surface area contributed by atoms with Crippen LogP contribution < -0.4 is 0 Å². The van der Waals surface area contributed by atoms with E-state index in [1.807, 2.05) is 36.2 Å². The number of nitrogens with one attached hydrogen (secondary N) is 1. The SMILES string of the molecule is CCN1C(=O)C2CC3(CCN(C(=O)CCc4c[nH]c5ccccc45)CC3)CN2C1=O. The van der Waals surface area contributed by atoms with Crippen LogP contribution in [-0.2, 0) is 16.0 Å². The van der Waals surface area contributed by atoms with Gasteiger partial charge in [-0.3, -0.25) is 14.5 Å². The molecular formula is C23H28N4O3. The van der Waals surface area contributed by atoms with Crippen LogP contribution in [0.4, 0.5) is 4.79 Å². The second kappa shape index (κ2) is 7.15. The zero-order valence-corrected chi connectivity index (χ0v) is 17.4. The number of para-hydroxylation sites is 1. The van der Waals surface area contributed by atoms with Gasteiger partial charge in [-0.05, 0) is 49.7 Å². The van der Waals surface area contributed by atoms with E-state index in [9.17, 15) is 14.4 Å². The molecule has 2 aromatic rings. The molecule has 4 amide bonds. The molecule has 3 aliphatic heterocycles. The Balaban J connectivity index is 1.17. The summed E-state index contributed by atoms with van der Waals surface area (Å²) in [6, 6.07) is 7.74. The Morgan fingerprint density at radius 2 is 1.97 bits per heavy atom. The summed E-state index contributed by atoms with van der Waals surface area (Å²) in [6.07, 6.45) is 5.72. The van der Waals surface area contributed by atoms with Gasteiger partial charge in [0.1, 0.15) is 6.04 Å². The fraction of sp³-hybridized carbons (Fsp3) is 0.522. The Morgan fingerprint density at radius 3 is 2.70 bits per heavy atom. The number of likely N-dealkylation sites (tertiary alicyclic amines) is 1. The van der Waals surface area contributed by atoms with Crippen LogP contribution in [0.5, 0.6) is 0 Å². The first-order valence-electron chi connectivity index (χ1n) is 11.0. The number of amides is 4. The van der Waals surface area contributed by atoms with Crippen molar-refractivity contribution in [1.82, 2.24) is 19.7 Å². The first kappa shape index (κ1) is 19.2. The Labute approximate surface area is 176 Å². The molecule has 1 spiro atoms. The molecule has 0 aliphatic carbocycles. The van der Waals surface area contributed by atoms with Crippen molar-refractivity contribution >= 4 is 28.7 Å². The summed E-state index contributed by atoms with van der Waals surface area (Å²) in [6.45, 7) is 4.36. The van der Waals surface area contributed by atoms with Gasteiger partial charge in [0.2, 0.25) is 5.91 Å². The lowest BCUT2D eigenvalue weighted by atomic mass is 9.76. The van der Waals surface area contributed by atoms with Gasteiger partial charge in [0.15, 0.2) is 0 Å². The predicted molar refractivity (Wildman–Crippen MR) is 113 cm³/mol. The monoisotopic (exact) mass is 408 g/mol. The summed E-state index contributed by atoms with van der Waals surface area (Å²) in [7, 11) is 0. The number of hydrogen-bond donors (Lipinski definition) is 1. The van der Waals surface area contributed by atoms with Crippen molar-refractivity contribution in [3.63, 3.8) is 0 Å². The normalized spacial score (nSPS) is 23.1. The highest BCUT2D eigenvalue weighted by molar-refractivity contribution is 6.04. The maximum absolute atomic E-state index is 12.8. The van der Waals surface area contributed by atoms with E-state index in [4.69, 9.17) is 0 Å². The summed E-state index contributed by atoms with van der Waals surface area (Å²) in [5.41, 5.74) is 2.28. The average molecular weight is 409 g/mol. The van der Waals surface area contributed by atoms with Crippen molar-refractivity contribution in [2.75, 3.05) is 26.2 Å². The fourth-order valence-electron chi connectivity index (χ4n) is 5.53. The van der Waals surface area contributed by atoms with Crippen molar-refractivity contribution in [3.05, 3.63) is 36.0 Å². The minimum absolute atomic E-state index is 0.0105. The van der Waals surface area contributed by atoms with Crippen LogP contribution in [0.3, 0.4) is 0 Å². The number of rotatable bonds is 4. The number of carbonyl (C=O) groups is 3. The van der Waals surface area contributed by atoms with Gasteiger partial charge in [0.05, 0.1) is 0 Å². The largest absolute Gasteiger partial charge is 0.361 e. The molecule has 4 heterocycles. The Kier molecular flexibility index (Phi) is 4.56. The minimum atomic E-state index is -0.290. The van der Waals surface area contributed by atoms with Gasteiger partial charge in [-0.2, -0.15) is 0 Å². The Hall–Kier alpha value is -2.83. The van der Waals surface area contributed by atoms with Crippen LogP contribution in [0.15, 0.2) is 30.5 Å². The van der Waals surface area contributed by atoms with E-state index in [1.54, 1.807) is 4.90 Å². The lowest BCUT2D eigenvalue weighted by molar-refractivity contribution is -0.134. The highest BCUT2D eigenvalue weighted by Crippen LogP contribution is 2.46. The number of H-pyrrole nitrogens is 1. The minimum Gasteiger partial charge on any atom is -0.361 e. The molecule has 5 rings (SSSR count). The molecule has 1 unspecified atom stereocenters. The number of urea groups is 1. The number of aromatic nitrogens is 1. The highest BCUT2D eigenvalue weighted by Gasteiger charge is 2.56. The van der Waals surface area contributed by atoms with Crippen molar-refractivity contribution in [2.24, 2.45) is 5.41 Å². The molecule has 3 aliphatic rings. The topological polar surface area (TPSA) is 76.7 Å². The van der Waals surface area contributed by atoms with Crippen LogP contribution in [0.1, 0.15) is 38.2 Å². The molecule has 158 valence electrons. The number of piperidine rings is 1. The van der Waals surface area contributed by atoms with Gasteiger partial charge in [-0.1, -0.05) is 18.2 Å². The van der Waals surface area contributed by atoms with E-state index < -0.39 is 0 Å². The van der Waals surface area contributed by atoms with Crippen molar-refractivity contribution in [1.29, 1.82) is 0 Å². The van der Waals surface area contributed by atoms with Crippen LogP contribution in [-0.4, -0.2) is 69.8 Å². The summed E-state index contributed by atoms with van der Waals surface area (Å²) < 4.78 is 0. The van der Waals surface area contributed by atoms with Crippen molar-refractivity contribution < 1.29 is 14.4 Å². The molecular weight excluding hydrogens is 380 g/mol. The first-order chi connectivity index (χ1) is 14.5. The maximum atomic E-state index is 12.8. The number of likely N-dealkylation sites (N-methyl/N-ethyl adjacent to an activating group) is 1. The summed E-state index contributed by atoms with van der Waals surface area (Å²) >= 11 is 0. The summed E-state index contributed by atoms with van der Waals surface area (Å²) in [5.74, 6) is 0.148. The van der Waals surface area contributed by atoms with Crippen LogP contribution >= 0.6 is 0 Å². The third kappa shape index (κ3) is 2.99. The molecule has 30 heavy (non-hydrogen) atoms. The van der Waals surface area contributed by atoms with Gasteiger partial charge in [-0.15, -0.1) is 0 Å². The van der Waals surface area contributed by atoms with E-state index in [0.29, 0.717) is 32.6 Å². The molecule has 1 aromatic heterocycles. The van der Waals surface area contributed by atoms with Crippen LogP contribution in [0.25, 0.3) is 10.9 Å². The van der Waals surface area contributed by atoms with E-state index >= 15 is 0 Å². The molecule has 1 atom stereocenters. The maximum Gasteiger partial charge on any atom is 0.327 e. The van der Waals surface area contributed by atoms with Gasteiger partial charge in [0.25, 0.3) is 5.91 Å². The summed E-state index contributed by atoms with van der Waals surface area (Å²) in [5, 5.41) is 1.19. The van der Waals surface area contributed by atoms with Gasteiger partial charge in [0, 0.05) is 49.7 Å². The highest BCUT2D eigenvalue weighted by atomic mass is 16.2. The number of imide groups is 1. The fourth-order valence-corrected chi connectivity index (χ4v) is 5.53. The number of fused-ring (bicyclic) bond motifs is 2. The number of carbonyl (C=O) groups excluding carboxylic acids is 3. The lowest BCUT2D eigenvalue weighted by Gasteiger charge is -2.39. The standard InChI is InChI=1S/C23H28N4O3/c1-2-26-21(29)19-13-23(15-27(19)22(26)30)9-11-25(12-10-23)20(28)8-7-16-14-24-18-6-4-3-5-17(16)18/h3-6,14,19,24H,2,7-13,15H2,1H3. The molecule has 7 heteroatoms. The van der Waals surface area contributed by atoms with E-state index in [0.717, 1.165) is 31.2 Å². The molecule has 1 N–H and O–H groups in total. The number of aromatic amines is 1. The van der Waals surface area contributed by atoms with Crippen molar-refractivity contribution in [2.45, 2.75) is 45.1 Å². The summed E-state index contributed by atoms with van der Waals surface area (Å²) in [4.78, 5) is 46.2. The number of nitrogens with zero attached hydrogens (tertiary/aromatic N) is 3. The van der Waals surface area contributed by atoms with Crippen molar-refractivity contribution in [3.8, 4) is 0 Å². The molecule has 7 nitrogen and oxygen atoms in total. The number of aryl methyl sites for hydroxylation is 1. The van der Waals surface area contributed by atoms with E-state index in [-0.39, 0.29) is 29.3 Å². The number of hydrogen-bond acceptors (Lipinski definition) is 3. The quantitative estimate of drug-likeness (QED) is 0.791. The Bertz CT molecular complexity index is 979. The van der Waals surface area contributed by atoms with Crippen LogP contribution in [0, 0.1) is 5.41 Å². The molecule has 0 radical (unpaired) electrons. The number of benzene rings is 1. The third-order valence-corrected chi connectivity index (χ3v) is 7.31. The second-order valence-electron chi connectivity index (χ2n) is 8.95. The molecule has 3 saturated heterocycles. The molecule has 0 saturated carbocycles. The zero-order chi connectivity index (χ0) is 20.9. The molecule has 0 bridgehead atoms. The second-order valence-corrected chi connectivity index (χ2v) is 8.95. The lowest BCUT2D eigenvalue weighted by Crippen LogP contribution is -2.45. The average Bonchev–Trinajstić information content (AvgIpc) is 3.40. The first-order valence-corrected chi connectivity index (χ1v) is 11.0. The van der Waals surface area contributed by atoms with Gasteiger partial charge in [-0.25, -0.2) is 4.79 Å².